The molecule has 0 fully saturated rings. The minimum absolute atomic E-state index is 0.0275. The molecule has 1 heterocycles. The van der Waals surface area contributed by atoms with Crippen LogP contribution in [0.3, 0.4) is 0 Å². The van der Waals surface area contributed by atoms with Crippen molar-refractivity contribution in [3.05, 3.63) is 75.6 Å². The fourth-order valence-electron chi connectivity index (χ4n) is 2.45. The summed E-state index contributed by atoms with van der Waals surface area (Å²) in [6.07, 6.45) is 1.17. The van der Waals surface area contributed by atoms with Crippen LogP contribution in [0, 0.1) is 10.1 Å². The number of para-hydroxylation sites is 1. The monoisotopic (exact) mass is 399 g/mol. The predicted molar refractivity (Wildman–Crippen MR) is 104 cm³/mol. The molecule has 1 aromatic heterocycles. The van der Waals surface area contributed by atoms with Crippen molar-refractivity contribution in [3.8, 4) is 0 Å². The SMILES string of the molecule is COC(=O)c1ccccc1Nc1ncnc(Nc2cccc(Cl)c2)c1[N+](=O)[O-]. The molecule has 0 radical (unpaired) electrons. The fourth-order valence-corrected chi connectivity index (χ4v) is 2.64. The molecule has 0 atom stereocenters. The molecule has 0 unspecified atom stereocenters. The normalized spacial score (nSPS) is 10.2. The van der Waals surface area contributed by atoms with Crippen molar-refractivity contribution in [1.82, 2.24) is 9.97 Å². The third-order valence-corrected chi connectivity index (χ3v) is 3.91. The maximum absolute atomic E-state index is 11.9. The zero-order valence-corrected chi connectivity index (χ0v) is 15.3. The second-order valence-corrected chi connectivity index (χ2v) is 5.91. The topological polar surface area (TPSA) is 119 Å². The van der Waals surface area contributed by atoms with Crippen LogP contribution in [0.5, 0.6) is 0 Å². The Kier molecular flexibility index (Phi) is 5.66. The quantitative estimate of drug-likeness (QED) is 0.357. The van der Waals surface area contributed by atoms with Gasteiger partial charge in [0.15, 0.2) is 0 Å². The number of halogens is 1. The number of anilines is 4. The summed E-state index contributed by atoms with van der Waals surface area (Å²) in [5.74, 6) is -0.696. The van der Waals surface area contributed by atoms with Gasteiger partial charge >= 0.3 is 11.7 Å². The molecule has 10 heteroatoms. The number of esters is 1. The maximum Gasteiger partial charge on any atom is 0.353 e. The van der Waals surface area contributed by atoms with E-state index in [9.17, 15) is 14.9 Å². The Bertz CT molecular complexity index is 1040. The third kappa shape index (κ3) is 4.15. The van der Waals surface area contributed by atoms with Crippen LogP contribution in [0.25, 0.3) is 0 Å². The second kappa shape index (κ2) is 8.31. The van der Waals surface area contributed by atoms with Crippen LogP contribution in [-0.4, -0.2) is 28.0 Å². The Morgan fingerprint density at radius 3 is 2.50 bits per heavy atom. The largest absolute Gasteiger partial charge is 0.465 e. The lowest BCUT2D eigenvalue weighted by atomic mass is 10.2. The molecule has 9 nitrogen and oxygen atoms in total. The van der Waals surface area contributed by atoms with Crippen molar-refractivity contribution < 1.29 is 14.5 Å². The van der Waals surface area contributed by atoms with E-state index in [1.807, 2.05) is 0 Å². The summed E-state index contributed by atoms with van der Waals surface area (Å²) in [6.45, 7) is 0. The number of rotatable bonds is 6. The zero-order chi connectivity index (χ0) is 20.1. The number of methoxy groups -OCH3 is 1. The van der Waals surface area contributed by atoms with Crippen LogP contribution in [-0.2, 0) is 4.74 Å². The number of carbonyl (C=O) groups is 1. The molecule has 2 N–H and O–H groups in total. The van der Waals surface area contributed by atoms with E-state index >= 15 is 0 Å². The number of hydrogen-bond donors (Lipinski definition) is 2. The van der Waals surface area contributed by atoms with Gasteiger partial charge in [-0.2, -0.15) is 0 Å². The molecule has 0 spiro atoms. The number of benzene rings is 2. The van der Waals surface area contributed by atoms with Gasteiger partial charge in [0, 0.05) is 10.7 Å². The van der Waals surface area contributed by atoms with Crippen molar-refractivity contribution in [2.75, 3.05) is 17.7 Å². The highest BCUT2D eigenvalue weighted by molar-refractivity contribution is 6.30. The van der Waals surface area contributed by atoms with Crippen LogP contribution in [0.4, 0.5) is 28.7 Å². The molecule has 0 saturated heterocycles. The van der Waals surface area contributed by atoms with Crippen LogP contribution >= 0.6 is 11.6 Å². The van der Waals surface area contributed by atoms with E-state index in [2.05, 4.69) is 20.6 Å². The Balaban J connectivity index is 2.01. The van der Waals surface area contributed by atoms with Crippen molar-refractivity contribution in [1.29, 1.82) is 0 Å². The summed E-state index contributed by atoms with van der Waals surface area (Å²) in [7, 11) is 1.25. The highest BCUT2D eigenvalue weighted by Crippen LogP contribution is 2.34. The summed E-state index contributed by atoms with van der Waals surface area (Å²) in [4.78, 5) is 30.9. The van der Waals surface area contributed by atoms with Crippen LogP contribution in [0.1, 0.15) is 10.4 Å². The standard InChI is InChI=1S/C18H14ClN5O4/c1-28-18(25)13-7-2-3-8-14(13)23-17-15(24(26)27)16(20-10-21-17)22-12-6-4-5-11(19)9-12/h2-10H,1H3,(H2,20,21,22,23). The van der Waals surface area contributed by atoms with E-state index in [1.54, 1.807) is 42.5 Å². The van der Waals surface area contributed by atoms with Crippen molar-refractivity contribution >= 4 is 46.3 Å². The Morgan fingerprint density at radius 1 is 1.11 bits per heavy atom. The summed E-state index contributed by atoms with van der Waals surface area (Å²) < 4.78 is 4.74. The molecule has 0 aliphatic carbocycles. The smallest absolute Gasteiger partial charge is 0.353 e. The maximum atomic E-state index is 11.9. The zero-order valence-electron chi connectivity index (χ0n) is 14.5. The van der Waals surface area contributed by atoms with E-state index in [-0.39, 0.29) is 22.9 Å². The van der Waals surface area contributed by atoms with E-state index in [0.717, 1.165) is 0 Å². The molecule has 28 heavy (non-hydrogen) atoms. The molecule has 3 aromatic rings. The van der Waals surface area contributed by atoms with Gasteiger partial charge in [0.25, 0.3) is 0 Å². The molecule has 2 aromatic carbocycles. The van der Waals surface area contributed by atoms with Crippen LogP contribution in [0.2, 0.25) is 5.02 Å². The summed E-state index contributed by atoms with van der Waals surface area (Å²) in [5.41, 5.74) is 0.657. The summed E-state index contributed by atoms with van der Waals surface area (Å²) in [5, 5.41) is 17.8. The van der Waals surface area contributed by atoms with Gasteiger partial charge in [0.1, 0.15) is 6.33 Å². The lowest BCUT2D eigenvalue weighted by molar-refractivity contribution is -0.383. The Labute approximate surface area is 164 Å². The fraction of sp³-hybridized carbons (Fsp3) is 0.0556. The Morgan fingerprint density at radius 2 is 1.82 bits per heavy atom. The Hall–Kier alpha value is -3.72. The first-order valence-corrected chi connectivity index (χ1v) is 8.33. The highest BCUT2D eigenvalue weighted by Gasteiger charge is 2.24. The van der Waals surface area contributed by atoms with Gasteiger partial charge in [0.05, 0.1) is 23.3 Å². The van der Waals surface area contributed by atoms with E-state index in [0.29, 0.717) is 16.4 Å². The number of aromatic nitrogens is 2. The molecule has 142 valence electrons. The molecule has 0 bridgehead atoms. The van der Waals surface area contributed by atoms with Crippen molar-refractivity contribution in [2.24, 2.45) is 0 Å². The molecule has 0 amide bonds. The summed E-state index contributed by atoms with van der Waals surface area (Å²) >= 11 is 5.95. The number of carbonyl (C=O) groups excluding carboxylic acids is 1. The minimum Gasteiger partial charge on any atom is -0.465 e. The minimum atomic E-state index is -0.615. The van der Waals surface area contributed by atoms with E-state index in [1.165, 1.54) is 19.5 Å². The van der Waals surface area contributed by atoms with Crippen LogP contribution < -0.4 is 10.6 Å². The van der Waals surface area contributed by atoms with Gasteiger partial charge in [-0.05, 0) is 30.3 Å². The average Bonchev–Trinajstić information content (AvgIpc) is 2.68. The first-order valence-electron chi connectivity index (χ1n) is 7.96. The first-order chi connectivity index (χ1) is 13.5. The van der Waals surface area contributed by atoms with Gasteiger partial charge in [-0.1, -0.05) is 29.8 Å². The molecular weight excluding hydrogens is 386 g/mol. The van der Waals surface area contributed by atoms with Crippen LogP contribution in [0.15, 0.2) is 54.9 Å². The molecule has 3 rings (SSSR count). The molecular formula is C18H14ClN5O4. The average molecular weight is 400 g/mol. The van der Waals surface area contributed by atoms with Gasteiger partial charge in [-0.3, -0.25) is 10.1 Å². The number of ether oxygens (including phenoxy) is 1. The molecule has 0 aliphatic rings. The first kappa shape index (κ1) is 19.1. The van der Waals surface area contributed by atoms with E-state index in [4.69, 9.17) is 16.3 Å². The van der Waals surface area contributed by atoms with Gasteiger partial charge in [0.2, 0.25) is 11.6 Å². The predicted octanol–water partition coefficient (Wildman–Crippen LogP) is 4.31. The van der Waals surface area contributed by atoms with Crippen molar-refractivity contribution in [2.45, 2.75) is 0 Å². The highest BCUT2D eigenvalue weighted by atomic mass is 35.5. The third-order valence-electron chi connectivity index (χ3n) is 3.68. The van der Waals surface area contributed by atoms with Gasteiger partial charge in [-0.15, -0.1) is 0 Å². The lowest BCUT2D eigenvalue weighted by Gasteiger charge is -2.12. The number of nitro groups is 1. The molecule has 0 aliphatic heterocycles. The molecule has 0 saturated carbocycles. The lowest BCUT2D eigenvalue weighted by Crippen LogP contribution is -2.09. The second-order valence-electron chi connectivity index (χ2n) is 5.47. The number of nitrogens with zero attached hydrogens (tertiary/aromatic N) is 3. The van der Waals surface area contributed by atoms with Gasteiger partial charge < -0.3 is 15.4 Å². The van der Waals surface area contributed by atoms with E-state index < -0.39 is 10.9 Å². The summed E-state index contributed by atoms with van der Waals surface area (Å²) in [6, 6.07) is 13.1. The van der Waals surface area contributed by atoms with Gasteiger partial charge in [-0.25, -0.2) is 14.8 Å². The van der Waals surface area contributed by atoms with Crippen molar-refractivity contribution in [3.63, 3.8) is 0 Å². The number of nitrogens with one attached hydrogen (secondary N) is 2. The number of hydrogen-bond acceptors (Lipinski definition) is 8.